The summed E-state index contributed by atoms with van der Waals surface area (Å²) in [6.45, 7) is 7.88. The molecular formula is C29H36F3N6U-. The Bertz CT molecular complexity index is 1220. The van der Waals surface area contributed by atoms with Gasteiger partial charge in [0.25, 0.3) is 0 Å². The van der Waals surface area contributed by atoms with Crippen LogP contribution >= 0.6 is 0 Å². The molecule has 0 radical (unpaired) electrons. The summed E-state index contributed by atoms with van der Waals surface area (Å²) >= 11 is 0. The Morgan fingerprint density at radius 1 is 1.15 bits per heavy atom. The molecule has 6 nitrogen and oxygen atoms in total. The van der Waals surface area contributed by atoms with Crippen LogP contribution in [0.4, 0.5) is 18.9 Å². The Morgan fingerprint density at radius 3 is 2.46 bits per heavy atom. The third-order valence-corrected chi connectivity index (χ3v) is 8.68. The van der Waals surface area contributed by atoms with Gasteiger partial charge in [0.05, 0.1) is 17.1 Å². The molecule has 208 valence electrons. The van der Waals surface area contributed by atoms with Crippen molar-refractivity contribution in [2.75, 3.05) is 32.1 Å². The number of hydrogen-bond acceptors (Lipinski definition) is 4. The van der Waals surface area contributed by atoms with Crippen LogP contribution < -0.4 is 15.5 Å². The van der Waals surface area contributed by atoms with E-state index in [4.69, 9.17) is 0 Å². The average Bonchev–Trinajstić information content (AvgIpc) is 3.21. The van der Waals surface area contributed by atoms with Crippen molar-refractivity contribution in [1.82, 2.24) is 15.5 Å². The monoisotopic (exact) mass is 763 g/mol. The third-order valence-electron chi connectivity index (χ3n) is 8.68. The molecular weight excluding hydrogens is 727 g/mol. The Morgan fingerprint density at radius 2 is 1.87 bits per heavy atom. The zero-order chi connectivity index (χ0) is 27.1. The van der Waals surface area contributed by atoms with Crippen LogP contribution in [-0.2, 0) is 5.41 Å². The van der Waals surface area contributed by atoms with E-state index in [9.17, 15) is 13.2 Å². The van der Waals surface area contributed by atoms with Crippen molar-refractivity contribution in [3.8, 4) is 0 Å². The molecule has 1 aromatic rings. The molecule has 1 saturated heterocycles. The van der Waals surface area contributed by atoms with E-state index < -0.39 is 11.7 Å². The van der Waals surface area contributed by atoms with Crippen LogP contribution in [0.2, 0.25) is 0 Å². The first-order valence-electron chi connectivity index (χ1n) is 13.3. The van der Waals surface area contributed by atoms with Crippen LogP contribution in [-0.4, -0.2) is 44.1 Å². The summed E-state index contributed by atoms with van der Waals surface area (Å²) in [6, 6.07) is 8.11. The van der Waals surface area contributed by atoms with Crippen molar-refractivity contribution in [3.05, 3.63) is 83.0 Å². The molecule has 0 aromatic heterocycles. The van der Waals surface area contributed by atoms with Gasteiger partial charge >= 0.3 is 6.18 Å². The molecule has 5 rings (SSSR count). The van der Waals surface area contributed by atoms with Crippen LogP contribution in [0.1, 0.15) is 51.0 Å². The summed E-state index contributed by atoms with van der Waals surface area (Å²) < 4.78 is 43.0. The summed E-state index contributed by atoms with van der Waals surface area (Å²) in [6.07, 6.45) is 5.78. The maximum absolute atomic E-state index is 14.3. The summed E-state index contributed by atoms with van der Waals surface area (Å²) in [7, 11) is 3.50. The molecule has 0 bridgehead atoms. The number of halogens is 3. The summed E-state index contributed by atoms with van der Waals surface area (Å²) in [5.41, 5.74) is 5.68. The van der Waals surface area contributed by atoms with Crippen molar-refractivity contribution in [3.63, 3.8) is 0 Å². The van der Waals surface area contributed by atoms with Crippen molar-refractivity contribution in [2.45, 2.75) is 57.0 Å². The van der Waals surface area contributed by atoms with E-state index in [0.717, 1.165) is 68.7 Å². The molecule has 2 N–H and O–H groups in total. The zero-order valence-electron chi connectivity index (χ0n) is 22.8. The Kier molecular flexibility index (Phi) is 8.71. The molecule has 1 saturated carbocycles. The Balaban J connectivity index is 0.00000353. The van der Waals surface area contributed by atoms with Crippen molar-refractivity contribution < 1.29 is 44.3 Å². The van der Waals surface area contributed by atoms with Crippen LogP contribution in [0.15, 0.2) is 77.1 Å². The first-order valence-corrected chi connectivity index (χ1v) is 13.3. The number of anilines is 1. The maximum atomic E-state index is 14.3. The Hall–Kier alpha value is -2.15. The molecule has 1 aromatic carbocycles. The van der Waals surface area contributed by atoms with Gasteiger partial charge in [-0.2, -0.15) is 13.2 Å². The molecule has 0 spiro atoms. The molecule has 4 aliphatic rings. The van der Waals surface area contributed by atoms with Crippen molar-refractivity contribution in [2.24, 2.45) is 10.5 Å². The van der Waals surface area contributed by atoms with Crippen molar-refractivity contribution >= 4 is 11.5 Å². The zero-order valence-corrected chi connectivity index (χ0v) is 27.0. The quantitative estimate of drug-likeness (QED) is 0.205. The van der Waals surface area contributed by atoms with E-state index in [1.807, 2.05) is 25.4 Å². The van der Waals surface area contributed by atoms with Gasteiger partial charge in [0.1, 0.15) is 5.82 Å². The second kappa shape index (κ2) is 11.4. The SMILES string of the molecule is C=C1N2C=C(C3(C)CCNCC3)C=C(C(F)(F)F)C2=CN1c1cccc(C2(C/C(=N/[N-]C)NC)CCC2)c1.[U]. The van der Waals surface area contributed by atoms with E-state index in [0.29, 0.717) is 11.4 Å². The average molecular weight is 764 g/mol. The van der Waals surface area contributed by atoms with Crippen LogP contribution in [0.25, 0.3) is 5.43 Å². The fourth-order valence-electron chi connectivity index (χ4n) is 6.08. The van der Waals surface area contributed by atoms with Gasteiger partial charge in [0, 0.05) is 68.1 Å². The van der Waals surface area contributed by atoms with Gasteiger partial charge in [-0.05, 0) is 73.5 Å². The smallest absolute Gasteiger partial charge is 0.418 e. The topological polar surface area (TPSA) is 57.0 Å². The van der Waals surface area contributed by atoms with E-state index >= 15 is 0 Å². The third kappa shape index (κ3) is 5.57. The summed E-state index contributed by atoms with van der Waals surface area (Å²) in [5.74, 6) is 1.32. The number of benzene rings is 1. The van der Waals surface area contributed by atoms with E-state index in [1.165, 1.54) is 6.08 Å². The minimum absolute atomic E-state index is 0. The molecule has 39 heavy (non-hydrogen) atoms. The number of nitrogens with one attached hydrogen (secondary N) is 2. The van der Waals surface area contributed by atoms with Gasteiger partial charge in [-0.15, -0.1) is 7.05 Å². The van der Waals surface area contributed by atoms with Gasteiger partial charge in [-0.3, -0.25) is 0 Å². The number of amidine groups is 1. The van der Waals surface area contributed by atoms with Gasteiger partial charge in [-0.1, -0.05) is 32.1 Å². The Labute approximate surface area is 252 Å². The second-order valence-electron chi connectivity index (χ2n) is 11.0. The number of nitrogens with zero attached hydrogens (tertiary/aromatic N) is 4. The number of alkyl halides is 3. The number of hydrogen-bond donors (Lipinski definition) is 2. The molecule has 10 heteroatoms. The van der Waals surface area contributed by atoms with Gasteiger partial charge < -0.3 is 31.0 Å². The molecule has 0 unspecified atom stereocenters. The van der Waals surface area contributed by atoms with Crippen LogP contribution in [0.5, 0.6) is 0 Å². The minimum atomic E-state index is -4.48. The number of piperidine rings is 1. The number of fused-ring (bicyclic) bond motifs is 1. The molecule has 3 heterocycles. The second-order valence-corrected chi connectivity index (χ2v) is 11.0. The van der Waals surface area contributed by atoms with E-state index in [1.54, 1.807) is 23.0 Å². The summed E-state index contributed by atoms with van der Waals surface area (Å²) in [5, 5.41) is 10.7. The number of allylic oxidation sites excluding steroid dienone is 3. The van der Waals surface area contributed by atoms with E-state index in [-0.39, 0.29) is 47.6 Å². The molecule has 3 aliphatic heterocycles. The molecule has 0 amide bonds. The first kappa shape index (κ1) is 29.8. The van der Waals surface area contributed by atoms with Crippen LogP contribution in [0.3, 0.4) is 0 Å². The summed E-state index contributed by atoms with van der Waals surface area (Å²) in [4.78, 5) is 3.40. The van der Waals surface area contributed by atoms with E-state index in [2.05, 4.69) is 46.8 Å². The van der Waals surface area contributed by atoms with Gasteiger partial charge in [0.2, 0.25) is 0 Å². The molecule has 1 aliphatic carbocycles. The van der Waals surface area contributed by atoms with Crippen LogP contribution in [0, 0.1) is 36.5 Å². The van der Waals surface area contributed by atoms with Gasteiger partial charge in [-0.25, -0.2) is 0 Å². The predicted octanol–water partition coefficient (Wildman–Crippen LogP) is 6.25. The first-order chi connectivity index (χ1) is 18.1. The predicted molar refractivity (Wildman–Crippen MR) is 146 cm³/mol. The molecule has 0 atom stereocenters. The van der Waals surface area contributed by atoms with Gasteiger partial charge in [0.15, 0.2) is 0 Å². The molecule has 2 fully saturated rings. The fraction of sp³-hybridized carbons (Fsp3) is 0.483. The minimum Gasteiger partial charge on any atom is -0.603 e. The normalized spacial score (nSPS) is 22.2. The maximum Gasteiger partial charge on any atom is 0.418 e. The van der Waals surface area contributed by atoms with Crippen molar-refractivity contribution in [1.29, 1.82) is 0 Å². The largest absolute Gasteiger partial charge is 0.603 e. The number of rotatable bonds is 6. The standard InChI is InChI=1S/C29H36F3N6.U/c1-20-37(23-8-5-7-21(15-23)28(9-6-10-28)17-26(33-3)36-34-4)19-25-24(29(30,31)32)16-22(18-38(20)25)27(2)11-13-35-14-12-27;/h5,7-8,15-16,18-19,35H,1,6,9-14,17H2,2-4H3,(H,33,36);/q-1;. The fourth-order valence-corrected chi connectivity index (χ4v) is 6.08.